The van der Waals surface area contributed by atoms with Crippen molar-refractivity contribution in [3.63, 3.8) is 0 Å². The van der Waals surface area contributed by atoms with Crippen molar-refractivity contribution >= 4 is 29.9 Å². The number of halogens is 2. The molecule has 1 atom stereocenters. The lowest BCUT2D eigenvalue weighted by Gasteiger charge is -2.18. The molecule has 0 aliphatic rings. The minimum absolute atomic E-state index is 0. The number of nitrogens with one attached hydrogen (secondary N) is 2. The fourth-order valence-corrected chi connectivity index (χ4v) is 2.26. The third-order valence-corrected chi connectivity index (χ3v) is 3.75. The Kier molecular flexibility index (Phi) is 8.68. The number of rotatable bonds is 5. The normalized spacial score (nSPS) is 12.2. The third-order valence-electron chi connectivity index (χ3n) is 3.75. The first kappa shape index (κ1) is 21.2. The molecule has 136 valence electrons. The van der Waals surface area contributed by atoms with Gasteiger partial charge in [-0.3, -0.25) is 0 Å². The highest BCUT2D eigenvalue weighted by atomic mass is 127. The number of aromatic hydroxyl groups is 1. The van der Waals surface area contributed by atoms with Gasteiger partial charge in [-0.05, 0) is 55.7 Å². The number of benzene rings is 2. The summed E-state index contributed by atoms with van der Waals surface area (Å²) < 4.78 is 13.7. The van der Waals surface area contributed by atoms with Crippen LogP contribution in [0, 0.1) is 12.7 Å². The second-order valence-electron chi connectivity index (χ2n) is 5.74. The molecule has 0 fully saturated rings. The Balaban J connectivity index is 0.00000312. The van der Waals surface area contributed by atoms with E-state index in [2.05, 4.69) is 15.6 Å². The van der Waals surface area contributed by atoms with Crippen molar-refractivity contribution in [2.24, 2.45) is 4.99 Å². The summed E-state index contributed by atoms with van der Waals surface area (Å²) in [6, 6.07) is 12.1. The summed E-state index contributed by atoms with van der Waals surface area (Å²) in [5.41, 5.74) is 2.51. The molecule has 0 saturated heterocycles. The van der Waals surface area contributed by atoms with Gasteiger partial charge in [0.15, 0.2) is 5.96 Å². The molecule has 0 aliphatic heterocycles. The summed E-state index contributed by atoms with van der Waals surface area (Å²) in [6.45, 7) is 6.94. The molecule has 0 bridgehead atoms. The van der Waals surface area contributed by atoms with Crippen molar-refractivity contribution in [2.45, 2.75) is 33.4 Å². The minimum Gasteiger partial charge on any atom is -0.508 e. The van der Waals surface area contributed by atoms with Crippen LogP contribution in [0.4, 0.5) is 4.39 Å². The fourth-order valence-electron chi connectivity index (χ4n) is 2.26. The van der Waals surface area contributed by atoms with Gasteiger partial charge in [-0.25, -0.2) is 9.38 Å². The van der Waals surface area contributed by atoms with E-state index in [4.69, 9.17) is 0 Å². The molecule has 0 amide bonds. The van der Waals surface area contributed by atoms with Gasteiger partial charge in [0, 0.05) is 6.54 Å². The molecule has 2 rings (SSSR count). The van der Waals surface area contributed by atoms with Crippen molar-refractivity contribution < 1.29 is 9.50 Å². The predicted molar refractivity (Wildman–Crippen MR) is 111 cm³/mol. The van der Waals surface area contributed by atoms with E-state index in [-0.39, 0.29) is 41.6 Å². The van der Waals surface area contributed by atoms with Gasteiger partial charge >= 0.3 is 0 Å². The van der Waals surface area contributed by atoms with E-state index in [1.165, 1.54) is 0 Å². The maximum absolute atomic E-state index is 13.7. The molecule has 0 spiro atoms. The molecule has 4 nitrogen and oxygen atoms in total. The minimum atomic E-state index is -0.202. The smallest absolute Gasteiger partial charge is 0.192 e. The van der Waals surface area contributed by atoms with Crippen LogP contribution < -0.4 is 10.6 Å². The first-order chi connectivity index (χ1) is 11.5. The number of phenols is 1. The number of aryl methyl sites for hydroxylation is 1. The summed E-state index contributed by atoms with van der Waals surface area (Å²) in [7, 11) is 0. The van der Waals surface area contributed by atoms with Gasteiger partial charge in [0.2, 0.25) is 0 Å². The zero-order valence-corrected chi connectivity index (χ0v) is 17.0. The number of aliphatic imine (C=N–C) groups is 1. The van der Waals surface area contributed by atoms with Gasteiger partial charge in [0.1, 0.15) is 11.6 Å². The van der Waals surface area contributed by atoms with Gasteiger partial charge in [-0.15, -0.1) is 24.0 Å². The number of hydrogen-bond donors (Lipinski definition) is 3. The van der Waals surface area contributed by atoms with E-state index in [0.717, 1.165) is 17.7 Å². The summed E-state index contributed by atoms with van der Waals surface area (Å²) >= 11 is 0. The Morgan fingerprint density at radius 3 is 2.48 bits per heavy atom. The highest BCUT2D eigenvalue weighted by molar-refractivity contribution is 14.0. The molecule has 2 aromatic rings. The number of guanidine groups is 1. The van der Waals surface area contributed by atoms with Crippen molar-refractivity contribution in [1.82, 2.24) is 10.6 Å². The summed E-state index contributed by atoms with van der Waals surface area (Å²) in [4.78, 5) is 4.54. The lowest BCUT2D eigenvalue weighted by Crippen LogP contribution is -2.38. The van der Waals surface area contributed by atoms with Gasteiger partial charge in [-0.1, -0.05) is 24.3 Å². The average molecular weight is 457 g/mol. The summed E-state index contributed by atoms with van der Waals surface area (Å²) in [5.74, 6) is 0.703. The SMILES string of the molecule is CCNC(=NCc1ccc(O)cc1)NC(C)c1ccc(C)c(F)c1.I. The van der Waals surface area contributed by atoms with Crippen LogP contribution in [-0.2, 0) is 6.54 Å². The Hall–Kier alpha value is -1.83. The van der Waals surface area contributed by atoms with Crippen LogP contribution in [0.5, 0.6) is 5.75 Å². The molecular weight excluding hydrogens is 432 g/mol. The van der Waals surface area contributed by atoms with Gasteiger partial charge in [0.25, 0.3) is 0 Å². The molecule has 6 heteroatoms. The van der Waals surface area contributed by atoms with Crippen LogP contribution in [0.3, 0.4) is 0 Å². The molecule has 0 radical (unpaired) electrons. The number of phenolic OH excluding ortho intramolecular Hbond substituents is 1. The van der Waals surface area contributed by atoms with E-state index >= 15 is 0 Å². The van der Waals surface area contributed by atoms with Crippen LogP contribution in [-0.4, -0.2) is 17.6 Å². The van der Waals surface area contributed by atoms with E-state index in [9.17, 15) is 9.50 Å². The Bertz CT molecular complexity index is 704. The summed E-state index contributed by atoms with van der Waals surface area (Å²) in [6.07, 6.45) is 0. The van der Waals surface area contributed by atoms with E-state index in [1.807, 2.05) is 32.0 Å². The second kappa shape index (κ2) is 10.2. The molecule has 0 aromatic heterocycles. The van der Waals surface area contributed by atoms with Gasteiger partial charge < -0.3 is 15.7 Å². The first-order valence-corrected chi connectivity index (χ1v) is 8.08. The predicted octanol–water partition coefficient (Wildman–Crippen LogP) is 4.27. The molecule has 2 aromatic carbocycles. The maximum Gasteiger partial charge on any atom is 0.192 e. The zero-order chi connectivity index (χ0) is 17.5. The Labute approximate surface area is 165 Å². The molecule has 25 heavy (non-hydrogen) atoms. The maximum atomic E-state index is 13.7. The molecule has 0 saturated carbocycles. The van der Waals surface area contributed by atoms with Crippen molar-refractivity contribution in [2.75, 3.05) is 6.54 Å². The monoisotopic (exact) mass is 457 g/mol. The van der Waals surface area contributed by atoms with Crippen LogP contribution in [0.1, 0.15) is 36.6 Å². The quantitative estimate of drug-likeness (QED) is 0.357. The molecule has 0 heterocycles. The summed E-state index contributed by atoms with van der Waals surface area (Å²) in [5, 5.41) is 15.8. The van der Waals surface area contributed by atoms with Gasteiger partial charge in [-0.2, -0.15) is 0 Å². The standard InChI is InChI=1S/C19H24FN3O.HI/c1-4-21-19(22-12-15-6-9-17(24)10-7-15)23-14(3)16-8-5-13(2)18(20)11-16;/h5-11,14,24H,4,12H2,1-3H3,(H2,21,22,23);1H. The molecular formula is C19H25FIN3O. The zero-order valence-electron chi connectivity index (χ0n) is 14.7. The lowest BCUT2D eigenvalue weighted by atomic mass is 10.1. The highest BCUT2D eigenvalue weighted by Gasteiger charge is 2.09. The van der Waals surface area contributed by atoms with Gasteiger partial charge in [0.05, 0.1) is 12.6 Å². The van der Waals surface area contributed by atoms with Crippen LogP contribution in [0.2, 0.25) is 0 Å². The topological polar surface area (TPSA) is 56.7 Å². The second-order valence-corrected chi connectivity index (χ2v) is 5.74. The largest absolute Gasteiger partial charge is 0.508 e. The van der Waals surface area contributed by atoms with E-state index in [0.29, 0.717) is 18.1 Å². The molecule has 3 N–H and O–H groups in total. The fraction of sp³-hybridized carbons (Fsp3) is 0.316. The number of nitrogens with zero attached hydrogens (tertiary/aromatic N) is 1. The van der Waals surface area contributed by atoms with Crippen molar-refractivity contribution in [1.29, 1.82) is 0 Å². The van der Waals surface area contributed by atoms with Crippen LogP contribution in [0.25, 0.3) is 0 Å². The Morgan fingerprint density at radius 2 is 1.88 bits per heavy atom. The van der Waals surface area contributed by atoms with Crippen molar-refractivity contribution in [3.05, 3.63) is 65.0 Å². The van der Waals surface area contributed by atoms with Crippen molar-refractivity contribution in [3.8, 4) is 5.75 Å². The molecule has 1 unspecified atom stereocenters. The highest BCUT2D eigenvalue weighted by Crippen LogP contribution is 2.16. The third kappa shape index (κ3) is 6.53. The van der Waals surface area contributed by atoms with E-state index in [1.54, 1.807) is 31.2 Å². The lowest BCUT2D eigenvalue weighted by molar-refractivity contribution is 0.475. The molecule has 0 aliphatic carbocycles. The van der Waals surface area contributed by atoms with Crippen LogP contribution in [0.15, 0.2) is 47.5 Å². The van der Waals surface area contributed by atoms with Crippen LogP contribution >= 0.6 is 24.0 Å². The first-order valence-electron chi connectivity index (χ1n) is 8.08. The average Bonchev–Trinajstić information content (AvgIpc) is 2.56. The number of hydrogen-bond acceptors (Lipinski definition) is 2. The van der Waals surface area contributed by atoms with E-state index < -0.39 is 0 Å². The Morgan fingerprint density at radius 1 is 1.20 bits per heavy atom.